The van der Waals surface area contributed by atoms with Gasteiger partial charge in [-0.05, 0) is 33.5 Å². The third-order valence-electron chi connectivity index (χ3n) is 5.07. The van der Waals surface area contributed by atoms with Gasteiger partial charge in [-0.2, -0.15) is 0 Å². The van der Waals surface area contributed by atoms with Crippen molar-refractivity contribution in [3.05, 3.63) is 0 Å². The van der Waals surface area contributed by atoms with Crippen LogP contribution in [0.3, 0.4) is 0 Å². The van der Waals surface area contributed by atoms with Gasteiger partial charge >= 0.3 is 0 Å². The molecule has 2 heterocycles. The number of hydrogen-bond acceptors (Lipinski definition) is 6. The monoisotopic (exact) mass is 357 g/mol. The second-order valence-corrected chi connectivity index (χ2v) is 6.96. The van der Waals surface area contributed by atoms with Gasteiger partial charge in [0.1, 0.15) is 0 Å². The van der Waals surface area contributed by atoms with E-state index in [-0.39, 0.29) is 0 Å². The Morgan fingerprint density at radius 1 is 0.720 bits per heavy atom. The molecular formula is C19H43N5O. The van der Waals surface area contributed by atoms with Gasteiger partial charge in [-0.25, -0.2) is 0 Å². The Morgan fingerprint density at radius 2 is 1.24 bits per heavy atom. The maximum atomic E-state index is 5.38. The lowest BCUT2D eigenvalue weighted by Gasteiger charge is -2.34. The molecule has 0 amide bonds. The molecule has 1 N–H and O–H groups in total. The molecule has 0 aromatic rings. The summed E-state index contributed by atoms with van der Waals surface area (Å²) in [5, 5.41) is 3.18. The Labute approximate surface area is 156 Å². The molecule has 0 spiro atoms. The van der Waals surface area contributed by atoms with Gasteiger partial charge in [-0.1, -0.05) is 13.8 Å². The first-order chi connectivity index (χ1) is 12.2. The Morgan fingerprint density at radius 3 is 1.72 bits per heavy atom. The predicted molar refractivity (Wildman–Crippen MR) is 107 cm³/mol. The molecule has 0 aromatic heterocycles. The Hall–Kier alpha value is -0.240. The van der Waals surface area contributed by atoms with E-state index in [2.05, 4.69) is 38.8 Å². The molecule has 6 heteroatoms. The number of likely N-dealkylation sites (N-methyl/N-ethyl adjacent to an activating group) is 2. The number of rotatable bonds is 9. The quantitative estimate of drug-likeness (QED) is 0.659. The van der Waals surface area contributed by atoms with E-state index < -0.39 is 0 Å². The average molecular weight is 358 g/mol. The summed E-state index contributed by atoms with van der Waals surface area (Å²) in [6, 6.07) is 0. The van der Waals surface area contributed by atoms with E-state index in [9.17, 15) is 0 Å². The van der Waals surface area contributed by atoms with Crippen LogP contribution in [-0.2, 0) is 4.74 Å². The first-order valence-electron chi connectivity index (χ1n) is 10.3. The minimum atomic E-state index is 0.816. The molecule has 2 aliphatic rings. The molecule has 2 saturated heterocycles. The summed E-state index contributed by atoms with van der Waals surface area (Å²) in [6.45, 7) is 22.7. The van der Waals surface area contributed by atoms with Crippen molar-refractivity contribution in [2.75, 3.05) is 98.9 Å². The summed E-state index contributed by atoms with van der Waals surface area (Å²) in [7, 11) is 2.02. The van der Waals surface area contributed by atoms with Gasteiger partial charge in [0.25, 0.3) is 0 Å². The van der Waals surface area contributed by atoms with Crippen LogP contribution in [0, 0.1) is 0 Å². The van der Waals surface area contributed by atoms with Gasteiger partial charge in [-0.3, -0.25) is 9.80 Å². The van der Waals surface area contributed by atoms with Crippen molar-refractivity contribution in [2.24, 2.45) is 0 Å². The third-order valence-corrected chi connectivity index (χ3v) is 5.07. The Balaban J connectivity index is 0.000000251. The highest BCUT2D eigenvalue weighted by molar-refractivity contribution is 4.71. The fourth-order valence-electron chi connectivity index (χ4n) is 3.28. The fraction of sp³-hybridized carbons (Fsp3) is 1.00. The maximum absolute atomic E-state index is 5.38. The van der Waals surface area contributed by atoms with Crippen molar-refractivity contribution in [3.63, 3.8) is 0 Å². The van der Waals surface area contributed by atoms with Crippen LogP contribution >= 0.6 is 0 Å². The van der Waals surface area contributed by atoms with Gasteiger partial charge < -0.3 is 19.9 Å². The van der Waals surface area contributed by atoms with Crippen LogP contribution < -0.4 is 5.32 Å². The minimum absolute atomic E-state index is 0.816. The van der Waals surface area contributed by atoms with E-state index in [1.807, 2.05) is 14.0 Å². The second-order valence-electron chi connectivity index (χ2n) is 6.96. The van der Waals surface area contributed by atoms with E-state index in [1.54, 1.807) is 0 Å². The number of nitrogens with zero attached hydrogens (tertiary/aromatic N) is 4. The highest BCUT2D eigenvalue weighted by Gasteiger charge is 2.15. The van der Waals surface area contributed by atoms with Gasteiger partial charge in [0.05, 0.1) is 6.73 Å². The second kappa shape index (κ2) is 14.9. The topological polar surface area (TPSA) is 34.2 Å². The summed E-state index contributed by atoms with van der Waals surface area (Å²) in [6.07, 6.45) is 1.27. The number of ether oxygens (including phenoxy) is 1. The van der Waals surface area contributed by atoms with Crippen molar-refractivity contribution in [2.45, 2.75) is 27.2 Å². The smallest absolute Gasteiger partial charge is 0.0990 e. The molecule has 2 rings (SSSR count). The van der Waals surface area contributed by atoms with E-state index in [0.29, 0.717) is 0 Å². The van der Waals surface area contributed by atoms with E-state index in [4.69, 9.17) is 4.74 Å². The van der Waals surface area contributed by atoms with Crippen molar-refractivity contribution in [3.8, 4) is 0 Å². The largest absolute Gasteiger partial charge is 0.366 e. The van der Waals surface area contributed by atoms with Crippen LogP contribution in [-0.4, -0.2) is 119 Å². The predicted octanol–water partition coefficient (Wildman–Crippen LogP) is 0.851. The highest BCUT2D eigenvalue weighted by atomic mass is 16.5. The standard InChI is InChI=1S/C10H22N2O.C9H21N3/c1-3-5-11-6-8-12(9-7-11)10-13-4-2;1-3-11-6-8-12(9-7-11)5-4-10-2/h3-10H2,1-2H3;10H,3-9H2,1-2H3. The minimum Gasteiger partial charge on any atom is -0.366 e. The summed E-state index contributed by atoms with van der Waals surface area (Å²) < 4.78 is 5.38. The molecule has 6 nitrogen and oxygen atoms in total. The van der Waals surface area contributed by atoms with Gasteiger partial charge in [-0.15, -0.1) is 0 Å². The summed E-state index contributed by atoms with van der Waals surface area (Å²) in [4.78, 5) is 9.96. The van der Waals surface area contributed by atoms with Gasteiger partial charge in [0.15, 0.2) is 0 Å². The molecule has 0 radical (unpaired) electrons. The molecule has 0 aliphatic carbocycles. The Kier molecular flexibility index (Phi) is 13.6. The van der Waals surface area contributed by atoms with Crippen molar-refractivity contribution in [1.29, 1.82) is 0 Å². The zero-order valence-electron chi connectivity index (χ0n) is 17.3. The SMILES string of the molecule is CCCN1CCN(COCC)CC1.CCN1CCN(CCNC)CC1. The van der Waals surface area contributed by atoms with Gasteiger partial charge in [0.2, 0.25) is 0 Å². The lowest BCUT2D eigenvalue weighted by Crippen LogP contribution is -2.47. The molecule has 0 atom stereocenters. The molecule has 2 fully saturated rings. The lowest BCUT2D eigenvalue weighted by molar-refractivity contribution is 0.00742. The van der Waals surface area contributed by atoms with Gasteiger partial charge in [0, 0.05) is 72.1 Å². The number of nitrogens with one attached hydrogen (secondary N) is 1. The van der Waals surface area contributed by atoms with Crippen LogP contribution in [0.2, 0.25) is 0 Å². The lowest BCUT2D eigenvalue weighted by atomic mass is 10.3. The van der Waals surface area contributed by atoms with Crippen LogP contribution in [0.5, 0.6) is 0 Å². The molecule has 2 aliphatic heterocycles. The van der Waals surface area contributed by atoms with Crippen molar-refractivity contribution < 1.29 is 4.74 Å². The highest BCUT2D eigenvalue weighted by Crippen LogP contribution is 2.02. The zero-order valence-corrected chi connectivity index (χ0v) is 17.3. The van der Waals surface area contributed by atoms with E-state index in [1.165, 1.54) is 78.4 Å². The fourth-order valence-corrected chi connectivity index (χ4v) is 3.28. The van der Waals surface area contributed by atoms with Crippen LogP contribution in [0.1, 0.15) is 27.2 Å². The first-order valence-corrected chi connectivity index (χ1v) is 10.3. The molecular weight excluding hydrogens is 314 g/mol. The van der Waals surface area contributed by atoms with E-state index >= 15 is 0 Å². The summed E-state index contributed by atoms with van der Waals surface area (Å²) in [5.74, 6) is 0. The summed E-state index contributed by atoms with van der Waals surface area (Å²) in [5.41, 5.74) is 0. The number of hydrogen-bond donors (Lipinski definition) is 1. The number of piperazine rings is 2. The molecule has 25 heavy (non-hydrogen) atoms. The third kappa shape index (κ3) is 10.5. The molecule has 0 bridgehead atoms. The molecule has 0 aromatic carbocycles. The normalized spacial score (nSPS) is 21.1. The summed E-state index contributed by atoms with van der Waals surface area (Å²) >= 11 is 0. The molecule has 0 unspecified atom stereocenters. The maximum Gasteiger partial charge on any atom is 0.0990 e. The first kappa shape index (κ1) is 22.8. The van der Waals surface area contributed by atoms with Crippen molar-refractivity contribution in [1.82, 2.24) is 24.9 Å². The molecule has 150 valence electrons. The zero-order chi connectivity index (χ0) is 18.3. The van der Waals surface area contributed by atoms with Crippen LogP contribution in [0.15, 0.2) is 0 Å². The van der Waals surface area contributed by atoms with E-state index in [0.717, 1.165) is 19.9 Å². The average Bonchev–Trinajstić information content (AvgIpc) is 2.67. The van der Waals surface area contributed by atoms with Crippen molar-refractivity contribution >= 4 is 0 Å². The Bertz CT molecular complexity index is 290. The van der Waals surface area contributed by atoms with Crippen LogP contribution in [0.4, 0.5) is 0 Å². The van der Waals surface area contributed by atoms with Crippen LogP contribution in [0.25, 0.3) is 0 Å². The molecule has 0 saturated carbocycles.